The van der Waals surface area contributed by atoms with Gasteiger partial charge in [-0.1, -0.05) is 66.0 Å². The zero-order valence-corrected chi connectivity index (χ0v) is 24.6. The molecule has 0 aromatic carbocycles. The second-order valence-corrected chi connectivity index (χ2v) is 14.7. The maximum absolute atomic E-state index is 14.0. The van der Waals surface area contributed by atoms with E-state index in [2.05, 4.69) is 33.8 Å². The van der Waals surface area contributed by atoms with E-state index in [4.69, 9.17) is 0 Å². The second kappa shape index (κ2) is 8.98. The molecular formula is C33H44N2O4. The lowest BCUT2D eigenvalue weighted by atomic mass is 9.35. The summed E-state index contributed by atoms with van der Waals surface area (Å²) in [5.41, 5.74) is 0.630. The van der Waals surface area contributed by atoms with Crippen LogP contribution in [0.5, 0.6) is 0 Å². The fourth-order valence-corrected chi connectivity index (χ4v) is 10.1. The van der Waals surface area contributed by atoms with Crippen molar-refractivity contribution < 1.29 is 19.2 Å². The van der Waals surface area contributed by atoms with Crippen LogP contribution in [-0.2, 0) is 19.2 Å². The Kier molecular flexibility index (Phi) is 6.45. The second-order valence-electron chi connectivity index (χ2n) is 14.7. The minimum absolute atomic E-state index is 0.0338. The van der Waals surface area contributed by atoms with Crippen molar-refractivity contribution >= 4 is 23.9 Å². The SMILES string of the molecule is CC12CCCCC1C1C(=O)C=C3C4(C)C=C(C#N)C(=O)C(C)(C)C4CCC3(C)[C@]1(C)CC2.O=CN1CCC1=O. The molecule has 1 aliphatic heterocycles. The van der Waals surface area contributed by atoms with Gasteiger partial charge >= 0.3 is 0 Å². The molecule has 7 atom stereocenters. The number of amides is 2. The van der Waals surface area contributed by atoms with Gasteiger partial charge in [0.15, 0.2) is 11.6 Å². The molecule has 6 rings (SSSR count). The van der Waals surface area contributed by atoms with Crippen LogP contribution in [0.4, 0.5) is 0 Å². The first-order valence-electron chi connectivity index (χ1n) is 14.9. The van der Waals surface area contributed by atoms with Crippen molar-refractivity contribution in [3.8, 4) is 6.07 Å². The molecule has 0 aromatic heterocycles. The van der Waals surface area contributed by atoms with Crippen molar-refractivity contribution in [1.82, 2.24) is 4.90 Å². The summed E-state index contributed by atoms with van der Waals surface area (Å²) in [6.07, 6.45) is 14.3. The molecule has 0 spiro atoms. The van der Waals surface area contributed by atoms with Gasteiger partial charge in [-0.3, -0.25) is 24.1 Å². The number of imide groups is 1. The number of β-lactam (4-membered cyclic amide) rings is 1. The predicted octanol–water partition coefficient (Wildman–Crippen LogP) is 5.96. The zero-order chi connectivity index (χ0) is 28.6. The summed E-state index contributed by atoms with van der Waals surface area (Å²) in [7, 11) is 0. The van der Waals surface area contributed by atoms with Gasteiger partial charge in [-0.25, -0.2) is 0 Å². The summed E-state index contributed by atoms with van der Waals surface area (Å²) in [6.45, 7) is 14.1. The Morgan fingerprint density at radius 1 is 0.974 bits per heavy atom. The van der Waals surface area contributed by atoms with Crippen LogP contribution in [0.1, 0.15) is 99.3 Å². The first kappa shape index (κ1) is 28.0. The Bertz CT molecular complexity index is 1240. The normalized spacial score (nSPS) is 44.0. The lowest BCUT2D eigenvalue weighted by molar-refractivity contribution is -0.162. The number of carbonyl (C=O) groups is 4. The van der Waals surface area contributed by atoms with E-state index in [1.165, 1.54) is 37.7 Å². The van der Waals surface area contributed by atoms with Gasteiger partial charge in [-0.15, -0.1) is 0 Å². The predicted molar refractivity (Wildman–Crippen MR) is 148 cm³/mol. The van der Waals surface area contributed by atoms with E-state index in [-0.39, 0.29) is 39.9 Å². The van der Waals surface area contributed by atoms with Crippen LogP contribution in [0.3, 0.4) is 0 Å². The van der Waals surface area contributed by atoms with Crippen LogP contribution in [-0.4, -0.2) is 35.3 Å². The number of nitriles is 1. The average Bonchev–Trinajstić information content (AvgIpc) is 2.87. The standard InChI is InChI=1S/C29H39NO2.C4H5NO2/c1-25(2)21-10-12-28(5)22(27(21,4)16-18(17-30)24(25)32)15-20(31)23-19-9-7-8-11-26(19,3)13-14-29(23,28)6;6-3-5-2-1-4(5)7/h15-16,19,21,23H,7-14H2,1-6H3;3H,1-2H2/t19?,21?,23?,26?,27?,28?,29-;/m1./s1. The highest BCUT2D eigenvalue weighted by Gasteiger charge is 2.68. The highest BCUT2D eigenvalue weighted by molar-refractivity contribution is 6.04. The third kappa shape index (κ3) is 3.71. The van der Waals surface area contributed by atoms with Crippen molar-refractivity contribution in [3.63, 3.8) is 0 Å². The molecule has 0 aromatic rings. The van der Waals surface area contributed by atoms with Crippen LogP contribution in [0.25, 0.3) is 0 Å². The molecular weight excluding hydrogens is 488 g/mol. The molecule has 3 saturated carbocycles. The quantitative estimate of drug-likeness (QED) is 0.306. The topological polar surface area (TPSA) is 95.3 Å². The van der Waals surface area contributed by atoms with E-state index in [9.17, 15) is 24.4 Å². The number of likely N-dealkylation sites (tertiary alicyclic amines) is 1. The molecule has 0 bridgehead atoms. The lowest BCUT2D eigenvalue weighted by Crippen LogP contribution is -2.63. The van der Waals surface area contributed by atoms with E-state index in [0.29, 0.717) is 36.5 Å². The number of hydrogen-bond donors (Lipinski definition) is 0. The van der Waals surface area contributed by atoms with Crippen molar-refractivity contribution in [1.29, 1.82) is 5.26 Å². The molecule has 4 fully saturated rings. The number of nitrogens with zero attached hydrogens (tertiary/aromatic N) is 2. The first-order chi connectivity index (χ1) is 18.2. The monoisotopic (exact) mass is 532 g/mol. The molecule has 2 amide bonds. The summed E-state index contributed by atoms with van der Waals surface area (Å²) in [5, 5.41) is 9.78. The fourth-order valence-electron chi connectivity index (χ4n) is 10.1. The van der Waals surface area contributed by atoms with Crippen LogP contribution in [0.2, 0.25) is 0 Å². The average molecular weight is 533 g/mol. The van der Waals surface area contributed by atoms with Crippen LogP contribution in [0.15, 0.2) is 23.3 Å². The maximum atomic E-state index is 14.0. The summed E-state index contributed by atoms with van der Waals surface area (Å²) in [6, 6.07) is 2.19. The van der Waals surface area contributed by atoms with E-state index >= 15 is 0 Å². The van der Waals surface area contributed by atoms with Gasteiger partial charge in [-0.2, -0.15) is 5.26 Å². The molecule has 39 heavy (non-hydrogen) atoms. The molecule has 5 aliphatic carbocycles. The number of Topliss-reactive ketones (excluding diaryl/α,β-unsaturated/α-hetero) is 1. The van der Waals surface area contributed by atoms with E-state index in [1.54, 1.807) is 0 Å². The molecule has 210 valence electrons. The van der Waals surface area contributed by atoms with Gasteiger partial charge < -0.3 is 0 Å². The maximum Gasteiger partial charge on any atom is 0.230 e. The first-order valence-corrected chi connectivity index (χ1v) is 14.9. The Balaban J connectivity index is 0.000000384. The van der Waals surface area contributed by atoms with Crippen LogP contribution < -0.4 is 0 Å². The fraction of sp³-hybridized carbons (Fsp3) is 0.727. The van der Waals surface area contributed by atoms with Crippen molar-refractivity contribution in [3.05, 3.63) is 23.3 Å². The molecule has 0 radical (unpaired) electrons. The number of ketones is 2. The Hall–Kier alpha value is -2.55. The molecule has 0 N–H and O–H groups in total. The van der Waals surface area contributed by atoms with Crippen molar-refractivity contribution in [2.75, 3.05) is 6.54 Å². The van der Waals surface area contributed by atoms with Crippen LogP contribution in [0, 0.1) is 56.2 Å². The lowest BCUT2D eigenvalue weighted by Gasteiger charge is -2.68. The molecule has 6 nitrogen and oxygen atoms in total. The summed E-state index contributed by atoms with van der Waals surface area (Å²) in [4.78, 5) is 48.1. The Morgan fingerprint density at radius 2 is 1.69 bits per heavy atom. The van der Waals surface area contributed by atoms with Gasteiger partial charge in [-0.05, 0) is 72.7 Å². The minimum Gasteiger partial charge on any atom is -0.295 e. The van der Waals surface area contributed by atoms with Gasteiger partial charge in [0.05, 0.1) is 5.57 Å². The summed E-state index contributed by atoms with van der Waals surface area (Å²) in [5.74, 6) is 0.936. The largest absolute Gasteiger partial charge is 0.295 e. The van der Waals surface area contributed by atoms with Crippen molar-refractivity contribution in [2.45, 2.75) is 99.3 Å². The van der Waals surface area contributed by atoms with E-state index < -0.39 is 10.8 Å². The smallest absolute Gasteiger partial charge is 0.230 e. The molecule has 6 heteroatoms. The van der Waals surface area contributed by atoms with Gasteiger partial charge in [0, 0.05) is 29.7 Å². The zero-order valence-electron chi connectivity index (χ0n) is 24.6. The highest BCUT2D eigenvalue weighted by atomic mass is 16.2. The molecule has 6 aliphatic rings. The molecule has 6 unspecified atom stereocenters. The van der Waals surface area contributed by atoms with Gasteiger partial charge in [0.25, 0.3) is 0 Å². The number of carbonyl (C=O) groups excluding carboxylic acids is 4. The van der Waals surface area contributed by atoms with Crippen molar-refractivity contribution in [2.24, 2.45) is 44.8 Å². The number of fused-ring (bicyclic) bond motifs is 7. The number of rotatable bonds is 1. The molecule has 1 heterocycles. The number of hydrogen-bond acceptors (Lipinski definition) is 5. The molecule has 1 saturated heterocycles. The number of allylic oxidation sites excluding steroid dienone is 4. The van der Waals surface area contributed by atoms with Crippen LogP contribution >= 0.6 is 0 Å². The summed E-state index contributed by atoms with van der Waals surface area (Å²) < 4.78 is 0. The van der Waals surface area contributed by atoms with Gasteiger partial charge in [0.2, 0.25) is 12.3 Å². The Labute approximate surface area is 233 Å². The highest BCUT2D eigenvalue weighted by Crippen LogP contribution is 2.73. The van der Waals surface area contributed by atoms with E-state index in [0.717, 1.165) is 24.2 Å². The minimum atomic E-state index is -0.591. The Morgan fingerprint density at radius 3 is 2.26 bits per heavy atom. The van der Waals surface area contributed by atoms with Gasteiger partial charge in [0.1, 0.15) is 6.07 Å². The third-order valence-corrected chi connectivity index (χ3v) is 12.7. The van der Waals surface area contributed by atoms with E-state index in [1.807, 2.05) is 26.0 Å². The summed E-state index contributed by atoms with van der Waals surface area (Å²) >= 11 is 0. The third-order valence-electron chi connectivity index (χ3n) is 12.7.